The monoisotopic (exact) mass is 202 g/mol. The Kier molecular flexibility index (Phi) is 168. The van der Waals surface area contributed by atoms with Crippen LogP contribution in [0, 0.1) is 18.8 Å². The molecule has 0 unspecified atom stereocenters. The summed E-state index contributed by atoms with van der Waals surface area (Å²) >= 11 is 0. The van der Waals surface area contributed by atoms with Crippen LogP contribution in [0.4, 0.5) is 0 Å². The Hall–Kier alpha value is -0.440. The van der Waals surface area contributed by atoms with Gasteiger partial charge in [0.05, 0.1) is 0 Å². The molecule has 0 saturated heterocycles. The van der Waals surface area contributed by atoms with Crippen LogP contribution in [0.15, 0.2) is 0 Å². The third-order valence-electron chi connectivity index (χ3n) is 0.500. The van der Waals surface area contributed by atoms with Crippen molar-refractivity contribution < 1.29 is 0 Å². The van der Waals surface area contributed by atoms with E-state index in [2.05, 4.69) is 47.5 Å². The summed E-state index contributed by atoms with van der Waals surface area (Å²) in [5.74, 6) is 0.833. The molecule has 0 aliphatic rings. The summed E-state index contributed by atoms with van der Waals surface area (Å²) in [6, 6.07) is 0. The average molecular weight is 202 g/mol. The number of hydrogen-bond acceptors (Lipinski definition) is 0. The summed E-state index contributed by atoms with van der Waals surface area (Å²) < 4.78 is 0. The van der Waals surface area contributed by atoms with Crippen LogP contribution in [-0.4, -0.2) is 0 Å². The number of rotatable bonds is 1. The molecule has 0 fully saturated rings. The number of unbranched alkanes of at least 4 members (excludes halogenated alkanes) is 1. The van der Waals surface area contributed by atoms with Gasteiger partial charge in [-0.25, -0.2) is 0 Å². The number of hydrogen-bond donors (Lipinski definition) is 0. The average Bonchev–Trinajstić information content (AvgIpc) is 2.25. The van der Waals surface area contributed by atoms with Crippen LogP contribution >= 0.6 is 0 Å². The lowest BCUT2D eigenvalue weighted by atomic mass is 10.3. The van der Waals surface area contributed by atoms with Crippen molar-refractivity contribution in [3.05, 3.63) is 0 Å². The van der Waals surface area contributed by atoms with Gasteiger partial charge in [0.15, 0.2) is 0 Å². The second-order valence-corrected chi connectivity index (χ2v) is 2.73. The predicted molar refractivity (Wildman–Crippen MR) is 73.7 cm³/mol. The second kappa shape index (κ2) is 80.7. The molecule has 14 heavy (non-hydrogen) atoms. The molecule has 90 valence electrons. The van der Waals surface area contributed by atoms with Gasteiger partial charge in [-0.3, -0.25) is 0 Å². The first-order valence-corrected chi connectivity index (χ1v) is 5.98. The van der Waals surface area contributed by atoms with Gasteiger partial charge in [0.1, 0.15) is 0 Å². The van der Waals surface area contributed by atoms with Gasteiger partial charge in [-0.15, -0.1) is 12.8 Å². The van der Waals surface area contributed by atoms with E-state index in [1.807, 2.05) is 27.7 Å². The lowest BCUT2D eigenvalue weighted by Gasteiger charge is -1.79. The van der Waals surface area contributed by atoms with E-state index in [1.54, 1.807) is 0 Å². The summed E-state index contributed by atoms with van der Waals surface area (Å²) in [6.07, 6.45) is 10.6. The van der Waals surface area contributed by atoms with Crippen LogP contribution in [0.3, 0.4) is 0 Å². The molecule has 0 aliphatic heterocycles. The van der Waals surface area contributed by atoms with Crippen LogP contribution in [0.2, 0.25) is 0 Å². The molecule has 0 aromatic heterocycles. The molecule has 0 N–H and O–H groups in total. The Morgan fingerprint density at radius 3 is 0.786 bits per heavy atom. The lowest BCUT2D eigenvalue weighted by Crippen LogP contribution is -1.66. The van der Waals surface area contributed by atoms with E-state index in [9.17, 15) is 0 Å². The lowest BCUT2D eigenvalue weighted by molar-refractivity contribution is 0.737. The van der Waals surface area contributed by atoms with E-state index in [0.29, 0.717) is 0 Å². The van der Waals surface area contributed by atoms with Crippen molar-refractivity contribution in [2.24, 2.45) is 5.92 Å². The highest BCUT2D eigenvalue weighted by molar-refractivity contribution is 4.47. The van der Waals surface area contributed by atoms with E-state index < -0.39 is 0 Å². The fourth-order valence-corrected chi connectivity index (χ4v) is 0. The van der Waals surface area contributed by atoms with Crippen LogP contribution in [0.1, 0.15) is 75.2 Å². The highest BCUT2D eigenvalue weighted by Gasteiger charge is 1.68. The highest BCUT2D eigenvalue weighted by Crippen LogP contribution is 1.81. The zero-order valence-electron chi connectivity index (χ0n) is 12.1. The molecule has 0 aliphatic carbocycles. The van der Waals surface area contributed by atoms with Gasteiger partial charge in [-0.2, -0.15) is 0 Å². The zero-order chi connectivity index (χ0) is 13.0. The summed E-state index contributed by atoms with van der Waals surface area (Å²) in [4.78, 5) is 0. The topological polar surface area (TPSA) is 0 Å². The van der Waals surface area contributed by atoms with Crippen LogP contribution < -0.4 is 0 Å². The van der Waals surface area contributed by atoms with Crippen molar-refractivity contribution in [1.29, 1.82) is 0 Å². The van der Waals surface area contributed by atoms with E-state index in [1.165, 1.54) is 12.8 Å². The fraction of sp³-hybridized carbons (Fsp3) is 0.857. The van der Waals surface area contributed by atoms with Gasteiger partial charge in [0, 0.05) is 0 Å². The molecule has 0 aromatic carbocycles. The zero-order valence-corrected chi connectivity index (χ0v) is 12.1. The normalized spacial score (nSPS) is 5.71. The SMILES string of the molecule is C#C.CC.CC.CC(C)C.CCCC. The van der Waals surface area contributed by atoms with E-state index >= 15 is 0 Å². The Bertz CT molecular complexity index is 36.5. The maximum atomic E-state index is 4.00. The summed E-state index contributed by atoms with van der Waals surface area (Å²) in [6.45, 7) is 18.9. The Morgan fingerprint density at radius 1 is 0.714 bits per heavy atom. The molecule has 0 bridgehead atoms. The van der Waals surface area contributed by atoms with E-state index in [-0.39, 0.29) is 0 Å². The maximum Gasteiger partial charge on any atom is -0.0500 e. The van der Waals surface area contributed by atoms with Gasteiger partial charge < -0.3 is 0 Å². The maximum absolute atomic E-state index is 4.00. The molecule has 0 spiro atoms. The van der Waals surface area contributed by atoms with Gasteiger partial charge in [-0.05, 0) is 5.92 Å². The van der Waals surface area contributed by atoms with Crippen molar-refractivity contribution in [3.8, 4) is 12.8 Å². The first-order chi connectivity index (χ1) is 6.65. The molecule has 0 nitrogen and oxygen atoms in total. The smallest absolute Gasteiger partial charge is 0.0500 e. The molecule has 0 heterocycles. The largest absolute Gasteiger partial charge is 0.124 e. The van der Waals surface area contributed by atoms with Crippen molar-refractivity contribution in [3.63, 3.8) is 0 Å². The van der Waals surface area contributed by atoms with Gasteiger partial charge in [0.25, 0.3) is 0 Å². The Labute approximate surface area is 94.5 Å². The third kappa shape index (κ3) is 4110. The van der Waals surface area contributed by atoms with E-state index in [4.69, 9.17) is 0 Å². The standard InChI is InChI=1S/2C4H10.2C2H6.C2H2/c1-4(2)3;1-3-4-2;3*1-2/h4H,1-3H3;3-4H2,1-2H3;2*1-2H3;1-2H. The van der Waals surface area contributed by atoms with Crippen LogP contribution in [0.25, 0.3) is 0 Å². The van der Waals surface area contributed by atoms with Crippen molar-refractivity contribution >= 4 is 0 Å². The predicted octanol–water partition coefficient (Wildman–Crippen LogP) is 5.77. The third-order valence-corrected chi connectivity index (χ3v) is 0.500. The molecule has 0 saturated carbocycles. The molecule has 0 radical (unpaired) electrons. The van der Waals surface area contributed by atoms with Crippen molar-refractivity contribution in [2.75, 3.05) is 0 Å². The fourth-order valence-electron chi connectivity index (χ4n) is 0. The Morgan fingerprint density at radius 2 is 0.786 bits per heavy atom. The Balaban J connectivity index is -0.0000000255. The first-order valence-electron chi connectivity index (χ1n) is 5.98. The summed E-state index contributed by atoms with van der Waals surface area (Å²) in [5, 5.41) is 0. The van der Waals surface area contributed by atoms with Gasteiger partial charge in [-0.1, -0.05) is 75.2 Å². The van der Waals surface area contributed by atoms with Crippen molar-refractivity contribution in [2.45, 2.75) is 75.2 Å². The van der Waals surface area contributed by atoms with Gasteiger partial charge >= 0.3 is 0 Å². The van der Waals surface area contributed by atoms with E-state index in [0.717, 1.165) is 5.92 Å². The minimum atomic E-state index is 0.833. The van der Waals surface area contributed by atoms with Crippen LogP contribution in [0.5, 0.6) is 0 Å². The van der Waals surface area contributed by atoms with Crippen molar-refractivity contribution in [1.82, 2.24) is 0 Å². The second-order valence-electron chi connectivity index (χ2n) is 2.73. The first kappa shape index (κ1) is 29.2. The minimum absolute atomic E-state index is 0.833. The molecule has 0 heteroatoms. The van der Waals surface area contributed by atoms with Gasteiger partial charge in [0.2, 0.25) is 0 Å². The molecule has 0 aromatic rings. The molecule has 0 amide bonds. The summed E-state index contributed by atoms with van der Waals surface area (Å²) in [5.41, 5.74) is 0. The molecule has 0 rings (SSSR count). The van der Waals surface area contributed by atoms with Crippen LogP contribution in [-0.2, 0) is 0 Å². The number of terminal acetylenes is 1. The molecule has 0 atom stereocenters. The highest BCUT2D eigenvalue weighted by atomic mass is 13.7. The quantitative estimate of drug-likeness (QED) is 0.473. The molecular weight excluding hydrogens is 168 g/mol. The molecular formula is C14H34. The summed E-state index contributed by atoms with van der Waals surface area (Å²) in [7, 11) is 0. The minimum Gasteiger partial charge on any atom is -0.124 e.